The summed E-state index contributed by atoms with van der Waals surface area (Å²) >= 11 is 0. The Morgan fingerprint density at radius 1 is 1.15 bits per heavy atom. The highest BCUT2D eigenvalue weighted by Gasteiger charge is 2.15. The molecule has 0 amide bonds. The average Bonchev–Trinajstić information content (AvgIpc) is 2.83. The molecule has 0 radical (unpaired) electrons. The summed E-state index contributed by atoms with van der Waals surface area (Å²) in [6.45, 7) is 4.41. The van der Waals surface area contributed by atoms with E-state index in [1.807, 2.05) is 11.7 Å². The summed E-state index contributed by atoms with van der Waals surface area (Å²) in [5, 5.41) is 4.50. The fraction of sp³-hybridized carbons (Fsp3) is 0.812. The average molecular weight is 280 g/mol. The quantitative estimate of drug-likeness (QED) is 0.370. The van der Waals surface area contributed by atoms with Crippen LogP contribution in [0, 0.1) is 0 Å². The van der Waals surface area contributed by atoms with E-state index in [-0.39, 0.29) is 6.04 Å². The van der Waals surface area contributed by atoms with E-state index in [9.17, 15) is 0 Å². The fourth-order valence-corrected chi connectivity index (χ4v) is 2.75. The van der Waals surface area contributed by atoms with Gasteiger partial charge in [-0.05, 0) is 12.8 Å². The van der Waals surface area contributed by atoms with Crippen molar-refractivity contribution in [1.29, 1.82) is 0 Å². The molecule has 0 aliphatic heterocycles. The second-order valence-electron chi connectivity index (χ2n) is 5.69. The van der Waals surface area contributed by atoms with Gasteiger partial charge >= 0.3 is 0 Å². The van der Waals surface area contributed by atoms with Crippen LogP contribution >= 0.6 is 0 Å². The van der Waals surface area contributed by atoms with Crippen molar-refractivity contribution in [1.82, 2.24) is 15.2 Å². The molecule has 0 bridgehead atoms. The van der Waals surface area contributed by atoms with Crippen LogP contribution in [0.5, 0.6) is 0 Å². The molecule has 1 aromatic rings. The van der Waals surface area contributed by atoms with Crippen molar-refractivity contribution in [2.24, 2.45) is 12.9 Å². The first kappa shape index (κ1) is 17.2. The number of aryl methyl sites for hydroxylation is 2. The molecule has 1 unspecified atom stereocenters. The zero-order valence-electron chi connectivity index (χ0n) is 13.5. The molecule has 1 aromatic heterocycles. The minimum absolute atomic E-state index is 0.245. The van der Waals surface area contributed by atoms with Crippen LogP contribution < -0.4 is 11.3 Å². The van der Waals surface area contributed by atoms with Gasteiger partial charge < -0.3 is 0 Å². The highest BCUT2D eigenvalue weighted by atomic mass is 15.3. The molecule has 0 aliphatic carbocycles. The van der Waals surface area contributed by atoms with Crippen molar-refractivity contribution in [3.05, 3.63) is 17.5 Å². The number of unbranched alkanes of at least 4 members (excludes halogenated alkanes) is 6. The molecule has 20 heavy (non-hydrogen) atoms. The van der Waals surface area contributed by atoms with E-state index >= 15 is 0 Å². The molecule has 1 atom stereocenters. The molecule has 1 heterocycles. The topological polar surface area (TPSA) is 55.9 Å². The number of hydrogen-bond donors (Lipinski definition) is 2. The van der Waals surface area contributed by atoms with E-state index in [4.69, 9.17) is 5.84 Å². The number of nitrogens with one attached hydrogen (secondary N) is 1. The van der Waals surface area contributed by atoms with E-state index in [1.54, 1.807) is 0 Å². The van der Waals surface area contributed by atoms with E-state index in [0.29, 0.717) is 0 Å². The molecule has 0 saturated heterocycles. The summed E-state index contributed by atoms with van der Waals surface area (Å²) in [6, 6.07) is 0.245. The minimum Gasteiger partial charge on any atom is -0.275 e. The van der Waals surface area contributed by atoms with Gasteiger partial charge in [0.25, 0.3) is 0 Å². The molecule has 0 saturated carbocycles. The van der Waals surface area contributed by atoms with Crippen LogP contribution in [0.15, 0.2) is 6.20 Å². The van der Waals surface area contributed by atoms with Gasteiger partial charge in [-0.2, -0.15) is 5.10 Å². The predicted molar refractivity (Wildman–Crippen MR) is 85.3 cm³/mol. The maximum atomic E-state index is 5.73. The monoisotopic (exact) mass is 280 g/mol. The van der Waals surface area contributed by atoms with Crippen LogP contribution in [-0.4, -0.2) is 9.78 Å². The van der Waals surface area contributed by atoms with Gasteiger partial charge in [0.1, 0.15) is 0 Å². The number of hydrazine groups is 1. The Balaban J connectivity index is 2.32. The van der Waals surface area contributed by atoms with Gasteiger partial charge in [0, 0.05) is 24.8 Å². The van der Waals surface area contributed by atoms with Crippen LogP contribution in [0.4, 0.5) is 0 Å². The predicted octanol–water partition coefficient (Wildman–Crippen LogP) is 3.63. The molecular weight excluding hydrogens is 248 g/mol. The zero-order chi connectivity index (χ0) is 14.8. The molecule has 4 heteroatoms. The van der Waals surface area contributed by atoms with Crippen LogP contribution in [0.2, 0.25) is 0 Å². The number of hydrogen-bond acceptors (Lipinski definition) is 3. The van der Waals surface area contributed by atoms with Gasteiger partial charge in [0.2, 0.25) is 0 Å². The maximum Gasteiger partial charge on any atom is 0.0670 e. The first-order valence-electron chi connectivity index (χ1n) is 8.21. The Morgan fingerprint density at radius 3 is 2.40 bits per heavy atom. The van der Waals surface area contributed by atoms with Gasteiger partial charge in [-0.15, -0.1) is 0 Å². The lowest BCUT2D eigenvalue weighted by atomic mass is 9.99. The SMILES string of the molecule is CCCCCCCCCC(NN)c1cn(C)nc1CC. The normalized spacial score (nSPS) is 12.8. The summed E-state index contributed by atoms with van der Waals surface area (Å²) in [6.07, 6.45) is 13.5. The second kappa shape index (κ2) is 9.94. The molecule has 3 N–H and O–H groups in total. The largest absolute Gasteiger partial charge is 0.275 e. The summed E-state index contributed by atoms with van der Waals surface area (Å²) in [4.78, 5) is 0. The molecule has 0 fully saturated rings. The lowest BCUT2D eigenvalue weighted by Gasteiger charge is -2.15. The Labute approximate surface area is 124 Å². The number of rotatable bonds is 11. The first-order chi connectivity index (χ1) is 9.72. The zero-order valence-corrected chi connectivity index (χ0v) is 13.5. The van der Waals surface area contributed by atoms with Crippen molar-refractivity contribution in [2.75, 3.05) is 0 Å². The van der Waals surface area contributed by atoms with Gasteiger partial charge in [0.05, 0.1) is 5.69 Å². The Kier molecular flexibility index (Phi) is 8.54. The van der Waals surface area contributed by atoms with E-state index in [2.05, 4.69) is 30.6 Å². The van der Waals surface area contributed by atoms with E-state index in [0.717, 1.165) is 12.8 Å². The smallest absolute Gasteiger partial charge is 0.0670 e. The van der Waals surface area contributed by atoms with Gasteiger partial charge in [0.15, 0.2) is 0 Å². The third-order valence-corrected chi connectivity index (χ3v) is 3.95. The highest BCUT2D eigenvalue weighted by molar-refractivity contribution is 5.21. The van der Waals surface area contributed by atoms with E-state index in [1.165, 1.54) is 56.2 Å². The van der Waals surface area contributed by atoms with Crippen LogP contribution in [-0.2, 0) is 13.5 Å². The van der Waals surface area contributed by atoms with Gasteiger partial charge in [-0.25, -0.2) is 0 Å². The first-order valence-corrected chi connectivity index (χ1v) is 8.21. The highest BCUT2D eigenvalue weighted by Crippen LogP contribution is 2.22. The van der Waals surface area contributed by atoms with Crippen molar-refractivity contribution in [2.45, 2.75) is 77.7 Å². The minimum atomic E-state index is 0.245. The molecule has 0 spiro atoms. The Morgan fingerprint density at radius 2 is 1.80 bits per heavy atom. The summed E-state index contributed by atoms with van der Waals surface area (Å²) in [7, 11) is 1.98. The molecule has 1 rings (SSSR count). The van der Waals surface area contributed by atoms with Gasteiger partial charge in [-0.1, -0.05) is 58.8 Å². The standard InChI is InChI=1S/C16H32N4/c1-4-6-7-8-9-10-11-12-16(18-17)14-13-20(3)19-15(14)5-2/h13,16,18H,4-12,17H2,1-3H3. The van der Waals surface area contributed by atoms with Crippen LogP contribution in [0.1, 0.15) is 82.5 Å². The molecule has 4 nitrogen and oxygen atoms in total. The Hall–Kier alpha value is -0.870. The maximum absolute atomic E-state index is 5.73. The second-order valence-corrected chi connectivity index (χ2v) is 5.69. The number of nitrogens with zero attached hydrogens (tertiary/aromatic N) is 2. The summed E-state index contributed by atoms with van der Waals surface area (Å²) in [5.41, 5.74) is 5.40. The van der Waals surface area contributed by atoms with Crippen molar-refractivity contribution in [3.8, 4) is 0 Å². The van der Waals surface area contributed by atoms with Crippen LogP contribution in [0.25, 0.3) is 0 Å². The summed E-state index contributed by atoms with van der Waals surface area (Å²) < 4.78 is 1.89. The molecular formula is C16H32N4. The van der Waals surface area contributed by atoms with Crippen LogP contribution in [0.3, 0.4) is 0 Å². The van der Waals surface area contributed by atoms with Gasteiger partial charge in [-0.3, -0.25) is 16.0 Å². The third-order valence-electron chi connectivity index (χ3n) is 3.95. The molecule has 0 aromatic carbocycles. The summed E-state index contributed by atoms with van der Waals surface area (Å²) in [5.74, 6) is 5.73. The third kappa shape index (κ3) is 5.63. The van der Waals surface area contributed by atoms with E-state index < -0.39 is 0 Å². The molecule has 116 valence electrons. The van der Waals surface area contributed by atoms with Crippen molar-refractivity contribution in [3.63, 3.8) is 0 Å². The Bertz CT molecular complexity index is 359. The number of aromatic nitrogens is 2. The van der Waals surface area contributed by atoms with Crippen molar-refractivity contribution < 1.29 is 0 Å². The molecule has 0 aliphatic rings. The number of nitrogens with two attached hydrogens (primary N) is 1. The fourth-order valence-electron chi connectivity index (χ4n) is 2.75. The lowest BCUT2D eigenvalue weighted by Crippen LogP contribution is -2.28. The lowest BCUT2D eigenvalue weighted by molar-refractivity contribution is 0.473. The van der Waals surface area contributed by atoms with Crippen molar-refractivity contribution >= 4 is 0 Å².